The number of hydrogen-bond acceptors (Lipinski definition) is 4. The van der Waals surface area contributed by atoms with Crippen LogP contribution in [0.2, 0.25) is 5.02 Å². The lowest BCUT2D eigenvalue weighted by atomic mass is 10.2. The van der Waals surface area contributed by atoms with E-state index >= 15 is 0 Å². The van der Waals surface area contributed by atoms with Crippen LogP contribution in [0.4, 0.5) is 19.3 Å². The van der Waals surface area contributed by atoms with E-state index in [1.165, 1.54) is 17.0 Å². The second-order valence-corrected chi connectivity index (χ2v) is 6.52. The summed E-state index contributed by atoms with van der Waals surface area (Å²) in [5, 5.41) is 6.58. The number of nitrogens with one attached hydrogen (secondary N) is 1. The number of hydrogen-bond donors (Lipinski definition) is 1. The van der Waals surface area contributed by atoms with Crippen LogP contribution >= 0.6 is 27.5 Å². The second-order valence-electron chi connectivity index (χ2n) is 5.23. The minimum atomic E-state index is -3.05. The summed E-state index contributed by atoms with van der Waals surface area (Å²) >= 11 is 9.01. The second kappa shape index (κ2) is 8.01. The molecule has 136 valence electrons. The largest absolute Gasteiger partial charge is 0.431 e. The maximum Gasteiger partial charge on any atom is 0.387 e. The molecular weight excluding hydrogens is 424 g/mol. The zero-order valence-electron chi connectivity index (χ0n) is 13.6. The standard InChI is InChI=1S/C15H15BrClF2N3O3/c1-7-10(8(2)25-21-7)6-22(3)15(23)20-12-5-9(17)4-11(16)13(12)24-14(18)19/h4-5,14H,6H2,1-3H3,(H,20,23). The molecular formula is C15H15BrClF2N3O3. The van der Waals surface area contributed by atoms with Gasteiger partial charge in [0.05, 0.1) is 22.4 Å². The number of halogens is 4. The van der Waals surface area contributed by atoms with E-state index in [9.17, 15) is 13.6 Å². The Kier molecular flexibility index (Phi) is 6.23. The highest BCUT2D eigenvalue weighted by Crippen LogP contribution is 2.37. The first-order valence-corrected chi connectivity index (χ1v) is 8.23. The number of anilines is 1. The quantitative estimate of drug-likeness (QED) is 0.715. The van der Waals surface area contributed by atoms with Gasteiger partial charge in [0.2, 0.25) is 0 Å². The lowest BCUT2D eigenvalue weighted by molar-refractivity contribution is -0.0498. The van der Waals surface area contributed by atoms with E-state index in [-0.39, 0.29) is 27.5 Å². The Morgan fingerprint density at radius 2 is 2.16 bits per heavy atom. The zero-order chi connectivity index (χ0) is 18.7. The Hall–Kier alpha value is -1.87. The van der Waals surface area contributed by atoms with Crippen molar-refractivity contribution >= 4 is 39.2 Å². The van der Waals surface area contributed by atoms with Crippen molar-refractivity contribution in [2.75, 3.05) is 12.4 Å². The Balaban J connectivity index is 2.19. The van der Waals surface area contributed by atoms with Crippen molar-refractivity contribution in [3.63, 3.8) is 0 Å². The first-order chi connectivity index (χ1) is 11.7. The number of nitrogens with zero attached hydrogens (tertiary/aromatic N) is 2. The summed E-state index contributed by atoms with van der Waals surface area (Å²) in [7, 11) is 1.55. The van der Waals surface area contributed by atoms with Gasteiger partial charge in [0.1, 0.15) is 5.76 Å². The molecule has 10 heteroatoms. The summed E-state index contributed by atoms with van der Waals surface area (Å²) in [6, 6.07) is 2.18. The maximum absolute atomic E-state index is 12.6. The normalized spacial score (nSPS) is 10.9. The van der Waals surface area contributed by atoms with Crippen LogP contribution in [-0.2, 0) is 6.54 Å². The Morgan fingerprint density at radius 1 is 1.48 bits per heavy atom. The van der Waals surface area contributed by atoms with Crippen LogP contribution in [0.15, 0.2) is 21.1 Å². The fourth-order valence-electron chi connectivity index (χ4n) is 2.11. The molecule has 0 radical (unpaired) electrons. The first-order valence-electron chi connectivity index (χ1n) is 7.06. The monoisotopic (exact) mass is 437 g/mol. The van der Waals surface area contributed by atoms with Gasteiger partial charge < -0.3 is 19.5 Å². The van der Waals surface area contributed by atoms with E-state index < -0.39 is 12.6 Å². The maximum atomic E-state index is 12.6. The molecule has 1 aromatic carbocycles. The van der Waals surface area contributed by atoms with E-state index in [1.54, 1.807) is 20.9 Å². The van der Waals surface area contributed by atoms with Crippen LogP contribution in [0.5, 0.6) is 5.75 Å². The third-order valence-corrected chi connectivity index (χ3v) is 4.19. The lowest BCUT2D eigenvalue weighted by Gasteiger charge is -2.20. The molecule has 0 aliphatic carbocycles. The number of aromatic nitrogens is 1. The average molecular weight is 439 g/mol. The van der Waals surface area contributed by atoms with Crippen LogP contribution in [0, 0.1) is 13.8 Å². The van der Waals surface area contributed by atoms with Crippen molar-refractivity contribution in [3.8, 4) is 5.75 Å². The molecule has 1 heterocycles. The number of ether oxygens (including phenoxy) is 1. The van der Waals surface area contributed by atoms with Gasteiger partial charge in [-0.3, -0.25) is 0 Å². The highest BCUT2D eigenvalue weighted by Gasteiger charge is 2.20. The third-order valence-electron chi connectivity index (χ3n) is 3.38. The lowest BCUT2D eigenvalue weighted by Crippen LogP contribution is -2.31. The smallest absolute Gasteiger partial charge is 0.387 e. The molecule has 0 fully saturated rings. The van der Waals surface area contributed by atoms with E-state index in [4.69, 9.17) is 16.1 Å². The summed E-state index contributed by atoms with van der Waals surface area (Å²) in [6.45, 7) is 0.692. The van der Waals surface area contributed by atoms with Gasteiger partial charge in [0.15, 0.2) is 5.75 Å². The number of aryl methyl sites for hydroxylation is 2. The summed E-state index contributed by atoms with van der Waals surface area (Å²) in [4.78, 5) is 13.7. The molecule has 0 saturated heterocycles. The van der Waals surface area contributed by atoms with E-state index in [1.807, 2.05) is 0 Å². The minimum Gasteiger partial charge on any atom is -0.431 e. The van der Waals surface area contributed by atoms with Crippen molar-refractivity contribution in [1.29, 1.82) is 0 Å². The van der Waals surface area contributed by atoms with Crippen molar-refractivity contribution in [2.24, 2.45) is 0 Å². The number of carbonyl (C=O) groups excluding carboxylic acids is 1. The predicted molar refractivity (Wildman–Crippen MR) is 92.2 cm³/mol. The van der Waals surface area contributed by atoms with Crippen molar-refractivity contribution < 1.29 is 22.8 Å². The van der Waals surface area contributed by atoms with Gasteiger partial charge in [-0.1, -0.05) is 16.8 Å². The first kappa shape index (κ1) is 19.5. The molecule has 0 aliphatic heterocycles. The van der Waals surface area contributed by atoms with Crippen LogP contribution in [0.3, 0.4) is 0 Å². The molecule has 2 amide bonds. The summed E-state index contributed by atoms with van der Waals surface area (Å²) in [6.07, 6.45) is 0. The topological polar surface area (TPSA) is 67.6 Å². The number of amides is 2. The third kappa shape index (κ3) is 4.82. The van der Waals surface area contributed by atoms with Crippen LogP contribution in [0.1, 0.15) is 17.0 Å². The molecule has 0 bridgehead atoms. The number of urea groups is 1. The Morgan fingerprint density at radius 3 is 2.72 bits per heavy atom. The molecule has 0 aliphatic rings. The molecule has 6 nitrogen and oxygen atoms in total. The predicted octanol–water partition coefficient (Wildman–Crippen LogP) is 4.97. The van der Waals surface area contributed by atoms with Gasteiger partial charge in [0, 0.05) is 17.6 Å². The van der Waals surface area contributed by atoms with E-state index in [0.717, 1.165) is 5.56 Å². The van der Waals surface area contributed by atoms with Crippen molar-refractivity contribution in [3.05, 3.63) is 38.6 Å². The Bertz CT molecular complexity index is 766. The number of carbonyl (C=O) groups is 1. The summed E-state index contributed by atoms with van der Waals surface area (Å²) in [5.41, 5.74) is 1.47. The average Bonchev–Trinajstić information content (AvgIpc) is 2.82. The van der Waals surface area contributed by atoms with E-state index in [2.05, 4.69) is 31.1 Å². The van der Waals surface area contributed by atoms with Gasteiger partial charge in [-0.15, -0.1) is 0 Å². The van der Waals surface area contributed by atoms with Gasteiger partial charge >= 0.3 is 12.6 Å². The molecule has 1 aromatic heterocycles. The fraction of sp³-hybridized carbons (Fsp3) is 0.333. The highest BCUT2D eigenvalue weighted by molar-refractivity contribution is 9.10. The van der Waals surface area contributed by atoms with Crippen LogP contribution < -0.4 is 10.1 Å². The SMILES string of the molecule is Cc1noc(C)c1CN(C)C(=O)Nc1cc(Cl)cc(Br)c1OC(F)F. The molecule has 0 spiro atoms. The molecule has 1 N–H and O–H groups in total. The highest BCUT2D eigenvalue weighted by atomic mass is 79.9. The van der Waals surface area contributed by atoms with E-state index in [0.29, 0.717) is 11.5 Å². The number of alkyl halides is 2. The minimum absolute atomic E-state index is 0.0234. The molecule has 25 heavy (non-hydrogen) atoms. The molecule has 0 saturated carbocycles. The Labute approximate surface area is 156 Å². The van der Waals surface area contributed by atoms with Gasteiger partial charge in [-0.05, 0) is 41.9 Å². The van der Waals surface area contributed by atoms with Crippen molar-refractivity contribution in [1.82, 2.24) is 10.1 Å². The van der Waals surface area contributed by atoms with Crippen molar-refractivity contribution in [2.45, 2.75) is 27.0 Å². The molecule has 2 rings (SSSR count). The molecule has 0 unspecified atom stereocenters. The zero-order valence-corrected chi connectivity index (χ0v) is 15.9. The summed E-state index contributed by atoms with van der Waals surface area (Å²) in [5.74, 6) is 0.392. The van der Waals surface area contributed by atoms with Gasteiger partial charge in [-0.25, -0.2) is 4.79 Å². The number of benzene rings is 1. The molecule has 2 aromatic rings. The molecule has 0 atom stereocenters. The van der Waals surface area contributed by atoms with Gasteiger partial charge in [-0.2, -0.15) is 8.78 Å². The van der Waals surface area contributed by atoms with Gasteiger partial charge in [0.25, 0.3) is 0 Å². The van der Waals surface area contributed by atoms with Crippen LogP contribution in [0.25, 0.3) is 0 Å². The summed E-state index contributed by atoms with van der Waals surface area (Å²) < 4.78 is 34.9. The fourth-order valence-corrected chi connectivity index (χ4v) is 3.01. The van der Waals surface area contributed by atoms with Crippen LogP contribution in [-0.4, -0.2) is 29.7 Å². The number of rotatable bonds is 5.